The van der Waals surface area contributed by atoms with Crippen molar-refractivity contribution in [3.8, 4) is 0 Å². The number of fused-ring (bicyclic) bond motifs is 1. The van der Waals surface area contributed by atoms with E-state index in [0.717, 1.165) is 32.0 Å². The minimum absolute atomic E-state index is 0.0978. The molecule has 4 N–H and O–H groups in total. The zero-order valence-corrected chi connectivity index (χ0v) is 16.9. The fourth-order valence-corrected chi connectivity index (χ4v) is 3.68. The van der Waals surface area contributed by atoms with Crippen LogP contribution in [0.25, 0.3) is 17.0 Å². The van der Waals surface area contributed by atoms with Gasteiger partial charge in [-0.2, -0.15) is 5.10 Å². The molecule has 146 valence electrons. The molecule has 0 saturated carbocycles. The Bertz CT molecular complexity index is 1120. The van der Waals surface area contributed by atoms with Crippen LogP contribution in [0.1, 0.15) is 16.1 Å². The van der Waals surface area contributed by atoms with Gasteiger partial charge in [-0.25, -0.2) is 0 Å². The number of amides is 1. The molecule has 6 heteroatoms. The van der Waals surface area contributed by atoms with E-state index < -0.39 is 0 Å². The summed E-state index contributed by atoms with van der Waals surface area (Å²) in [5.74, 6) is -0.0978. The number of carbonyl (C=O) groups excluding carboxylic acids is 1. The standard InChI is InChI=1S/C23H22N4OS/c1-16(7-5-6-14-24)10-13-20-18-12-11-17(15-21(18)27-26-20)29-22-9-4-3-8-19(22)23(28)25-2/h3-15H,1,24H2,2H3,(H,25,28)(H,26,27)/b7-5-,13-10+,14-6-. The van der Waals surface area contributed by atoms with Crippen LogP contribution in [0.3, 0.4) is 0 Å². The quantitative estimate of drug-likeness (QED) is 0.501. The van der Waals surface area contributed by atoms with Crippen molar-refractivity contribution < 1.29 is 4.79 Å². The first-order chi connectivity index (χ1) is 14.1. The van der Waals surface area contributed by atoms with E-state index in [4.69, 9.17) is 5.73 Å². The molecule has 1 aromatic heterocycles. The van der Waals surface area contributed by atoms with Gasteiger partial charge in [0.15, 0.2) is 0 Å². The van der Waals surface area contributed by atoms with Crippen LogP contribution in [0, 0.1) is 0 Å². The molecule has 29 heavy (non-hydrogen) atoms. The Balaban J connectivity index is 1.81. The Hall–Kier alpha value is -3.51. The van der Waals surface area contributed by atoms with Gasteiger partial charge in [0, 0.05) is 22.2 Å². The maximum atomic E-state index is 12.1. The molecule has 0 aliphatic rings. The first kappa shape index (κ1) is 20.2. The Morgan fingerprint density at radius 3 is 2.83 bits per heavy atom. The van der Waals surface area contributed by atoms with Crippen LogP contribution in [0.2, 0.25) is 0 Å². The molecule has 0 aliphatic heterocycles. The van der Waals surface area contributed by atoms with Gasteiger partial charge in [-0.05, 0) is 54.3 Å². The maximum Gasteiger partial charge on any atom is 0.252 e. The zero-order valence-electron chi connectivity index (χ0n) is 16.1. The summed E-state index contributed by atoms with van der Waals surface area (Å²) < 4.78 is 0. The van der Waals surface area contributed by atoms with Crippen molar-refractivity contribution in [2.75, 3.05) is 7.05 Å². The van der Waals surface area contributed by atoms with Crippen molar-refractivity contribution in [3.63, 3.8) is 0 Å². The second-order valence-corrected chi connectivity index (χ2v) is 7.26. The molecule has 0 saturated heterocycles. The summed E-state index contributed by atoms with van der Waals surface area (Å²) in [4.78, 5) is 14.0. The third kappa shape index (κ3) is 5.06. The van der Waals surface area contributed by atoms with Crippen LogP contribution in [0.5, 0.6) is 0 Å². The largest absolute Gasteiger partial charge is 0.405 e. The molecule has 0 spiro atoms. The fourth-order valence-electron chi connectivity index (χ4n) is 2.70. The summed E-state index contributed by atoms with van der Waals surface area (Å²) in [6.07, 6.45) is 10.7. The van der Waals surface area contributed by atoms with Gasteiger partial charge < -0.3 is 11.1 Å². The smallest absolute Gasteiger partial charge is 0.252 e. The average molecular weight is 403 g/mol. The molecule has 0 radical (unpaired) electrons. The lowest BCUT2D eigenvalue weighted by molar-refractivity contribution is 0.0960. The van der Waals surface area contributed by atoms with E-state index in [9.17, 15) is 4.79 Å². The van der Waals surface area contributed by atoms with Crippen LogP contribution in [-0.2, 0) is 0 Å². The molecule has 3 rings (SSSR count). The van der Waals surface area contributed by atoms with Crippen molar-refractivity contribution in [1.82, 2.24) is 15.5 Å². The number of nitrogens with zero attached hydrogens (tertiary/aromatic N) is 1. The molecular weight excluding hydrogens is 380 g/mol. The van der Waals surface area contributed by atoms with Crippen molar-refractivity contribution >= 4 is 34.6 Å². The lowest BCUT2D eigenvalue weighted by Gasteiger charge is -2.08. The van der Waals surface area contributed by atoms with Gasteiger partial charge in [-0.3, -0.25) is 9.89 Å². The lowest BCUT2D eigenvalue weighted by Crippen LogP contribution is -2.18. The second kappa shape index (κ2) is 9.61. The Kier molecular flexibility index (Phi) is 6.71. The summed E-state index contributed by atoms with van der Waals surface area (Å²) in [7, 11) is 1.63. The number of benzene rings is 2. The number of carbonyl (C=O) groups is 1. The number of nitrogens with two attached hydrogens (primary N) is 1. The number of hydrogen-bond acceptors (Lipinski definition) is 4. The summed E-state index contributed by atoms with van der Waals surface area (Å²) in [6, 6.07) is 13.6. The van der Waals surface area contributed by atoms with Gasteiger partial charge >= 0.3 is 0 Å². The normalized spacial score (nSPS) is 11.8. The summed E-state index contributed by atoms with van der Waals surface area (Å²) in [5.41, 5.74) is 8.57. The van der Waals surface area contributed by atoms with Crippen LogP contribution >= 0.6 is 11.8 Å². The highest BCUT2D eigenvalue weighted by molar-refractivity contribution is 7.99. The Labute approximate surface area is 174 Å². The zero-order chi connectivity index (χ0) is 20.6. The molecule has 0 fully saturated rings. The predicted octanol–water partition coefficient (Wildman–Crippen LogP) is 4.67. The number of aromatic nitrogens is 2. The Morgan fingerprint density at radius 1 is 1.21 bits per heavy atom. The molecule has 2 aromatic carbocycles. The summed E-state index contributed by atoms with van der Waals surface area (Å²) in [5, 5.41) is 11.2. The van der Waals surface area contributed by atoms with E-state index in [2.05, 4.69) is 22.1 Å². The van der Waals surface area contributed by atoms with Gasteiger partial charge in [0.25, 0.3) is 5.91 Å². The highest BCUT2D eigenvalue weighted by Crippen LogP contribution is 2.32. The van der Waals surface area contributed by atoms with Crippen LogP contribution in [0.4, 0.5) is 0 Å². The number of H-pyrrole nitrogens is 1. The molecular formula is C23H22N4OS. The van der Waals surface area contributed by atoms with Gasteiger partial charge in [0.2, 0.25) is 0 Å². The number of hydrogen-bond donors (Lipinski definition) is 3. The van der Waals surface area contributed by atoms with Crippen molar-refractivity contribution in [2.45, 2.75) is 9.79 Å². The van der Waals surface area contributed by atoms with Gasteiger partial charge in [-0.15, -0.1) is 0 Å². The number of allylic oxidation sites excluding steroid dienone is 5. The van der Waals surface area contributed by atoms with E-state index in [1.165, 1.54) is 6.20 Å². The summed E-state index contributed by atoms with van der Waals surface area (Å²) >= 11 is 1.54. The molecule has 1 amide bonds. The van der Waals surface area contributed by atoms with Crippen LogP contribution in [-0.4, -0.2) is 23.2 Å². The molecule has 0 atom stereocenters. The van der Waals surface area contributed by atoms with Gasteiger partial charge in [0.05, 0.1) is 16.8 Å². The Morgan fingerprint density at radius 2 is 2.03 bits per heavy atom. The molecule has 0 unspecified atom stereocenters. The minimum atomic E-state index is -0.0978. The topological polar surface area (TPSA) is 83.8 Å². The number of rotatable bonds is 7. The first-order valence-corrected chi connectivity index (χ1v) is 9.83. The van der Waals surface area contributed by atoms with Gasteiger partial charge in [-0.1, -0.05) is 48.7 Å². The van der Waals surface area contributed by atoms with E-state index in [1.54, 1.807) is 24.9 Å². The highest BCUT2D eigenvalue weighted by Gasteiger charge is 2.11. The third-order valence-corrected chi connectivity index (χ3v) is 5.20. The number of aromatic amines is 1. The van der Waals surface area contributed by atoms with Crippen LogP contribution in [0.15, 0.2) is 94.9 Å². The second-order valence-electron chi connectivity index (χ2n) is 6.15. The molecule has 0 aliphatic carbocycles. The monoisotopic (exact) mass is 402 g/mol. The maximum absolute atomic E-state index is 12.1. The average Bonchev–Trinajstić information content (AvgIpc) is 3.14. The summed E-state index contributed by atoms with van der Waals surface area (Å²) in [6.45, 7) is 3.97. The molecule has 0 bridgehead atoms. The van der Waals surface area contributed by atoms with Crippen molar-refractivity contribution in [3.05, 3.63) is 96.4 Å². The van der Waals surface area contributed by atoms with E-state index in [-0.39, 0.29) is 5.91 Å². The fraction of sp³-hybridized carbons (Fsp3) is 0.0435. The highest BCUT2D eigenvalue weighted by atomic mass is 32.2. The SMILES string of the molecule is C=C(/C=C\C=C/N)/C=C/c1n[nH]c2cc(Sc3ccccc3C(=O)NC)ccc12. The van der Waals surface area contributed by atoms with Crippen molar-refractivity contribution in [2.24, 2.45) is 5.73 Å². The number of nitrogens with one attached hydrogen (secondary N) is 2. The minimum Gasteiger partial charge on any atom is -0.405 e. The molecule has 3 aromatic rings. The van der Waals surface area contributed by atoms with Crippen molar-refractivity contribution in [1.29, 1.82) is 0 Å². The predicted molar refractivity (Wildman–Crippen MR) is 121 cm³/mol. The first-order valence-electron chi connectivity index (χ1n) is 9.01. The molecule has 1 heterocycles. The van der Waals surface area contributed by atoms with E-state index in [0.29, 0.717) is 5.56 Å². The third-order valence-electron chi connectivity index (χ3n) is 4.14. The molecule has 5 nitrogen and oxygen atoms in total. The van der Waals surface area contributed by atoms with E-state index >= 15 is 0 Å². The van der Waals surface area contributed by atoms with E-state index in [1.807, 2.05) is 66.8 Å². The van der Waals surface area contributed by atoms with Crippen LogP contribution < -0.4 is 11.1 Å². The van der Waals surface area contributed by atoms with Gasteiger partial charge in [0.1, 0.15) is 0 Å². The lowest BCUT2D eigenvalue weighted by atomic mass is 10.1.